The van der Waals surface area contributed by atoms with Crippen molar-refractivity contribution in [3.8, 4) is 11.5 Å². The number of fused-ring (bicyclic) bond motifs is 4. The monoisotopic (exact) mass is 612 g/mol. The number of phenols is 1. The van der Waals surface area contributed by atoms with Crippen LogP contribution in [0.1, 0.15) is 68.8 Å². The van der Waals surface area contributed by atoms with Gasteiger partial charge in [-0.25, -0.2) is 4.79 Å². The second kappa shape index (κ2) is 10.7. The Morgan fingerprint density at radius 2 is 1.93 bits per heavy atom. The number of Topliss-reactive ketones (excluding diaryl/α,β-unsaturated/α-hetero) is 1. The van der Waals surface area contributed by atoms with Crippen molar-refractivity contribution in [3.05, 3.63) is 56.5 Å². The highest BCUT2D eigenvalue weighted by atomic mass is 16.7. The SMILES string of the molecule is COc1cccc2c1C(=O)c1c(N=O)c3c(c(O)c1C2=O)C[C@@](O)(C(=O)CO)C[C@@H]3O[C@H]1CC2[C@H](OCN2C(=O)O)[C@H](C)O1. The fourth-order valence-electron chi connectivity index (χ4n) is 6.79. The van der Waals surface area contributed by atoms with Gasteiger partial charge in [0, 0.05) is 36.0 Å². The van der Waals surface area contributed by atoms with Gasteiger partial charge in [0.1, 0.15) is 42.2 Å². The average molecular weight is 613 g/mol. The van der Waals surface area contributed by atoms with Gasteiger partial charge in [-0.15, -0.1) is 4.91 Å². The van der Waals surface area contributed by atoms with Crippen molar-refractivity contribution >= 4 is 29.1 Å². The van der Waals surface area contributed by atoms with Crippen molar-refractivity contribution in [1.29, 1.82) is 0 Å². The number of amides is 1. The number of carbonyl (C=O) groups excluding carboxylic acids is 3. The predicted molar refractivity (Wildman–Crippen MR) is 145 cm³/mol. The Morgan fingerprint density at radius 1 is 1.18 bits per heavy atom. The molecule has 2 saturated heterocycles. The first-order chi connectivity index (χ1) is 20.9. The Bertz CT molecular complexity index is 1620. The molecule has 0 aromatic heterocycles. The molecule has 0 radical (unpaired) electrons. The average Bonchev–Trinajstić information content (AvgIpc) is 3.44. The Kier molecular flexibility index (Phi) is 7.25. The third-order valence-corrected chi connectivity index (χ3v) is 8.84. The number of nitroso groups, excluding NO2 is 1. The first-order valence-electron chi connectivity index (χ1n) is 13.8. The number of nitrogens with zero attached hydrogens (tertiary/aromatic N) is 2. The van der Waals surface area contributed by atoms with Crippen LogP contribution in [0.4, 0.5) is 10.5 Å². The lowest BCUT2D eigenvalue weighted by atomic mass is 9.71. The van der Waals surface area contributed by atoms with E-state index in [1.807, 2.05) is 0 Å². The molecule has 6 atom stereocenters. The highest BCUT2D eigenvalue weighted by molar-refractivity contribution is 6.32. The highest BCUT2D eigenvalue weighted by Crippen LogP contribution is 2.53. The maximum atomic E-state index is 13.9. The van der Waals surface area contributed by atoms with Crippen molar-refractivity contribution < 1.29 is 58.6 Å². The predicted octanol–water partition coefficient (Wildman–Crippen LogP) is 1.71. The largest absolute Gasteiger partial charge is 0.507 e. The third-order valence-electron chi connectivity index (χ3n) is 8.84. The molecule has 2 fully saturated rings. The first kappa shape index (κ1) is 29.8. The lowest BCUT2D eigenvalue weighted by Gasteiger charge is -2.42. The molecule has 2 aliphatic heterocycles. The number of hydrogen-bond acceptors (Lipinski definition) is 13. The molecule has 6 rings (SSSR count). The number of phenolic OH excluding ortho intramolecular Hbond substituents is 1. The van der Waals surface area contributed by atoms with E-state index in [0.29, 0.717) is 0 Å². The fraction of sp³-hybridized carbons (Fsp3) is 0.448. The molecule has 1 amide bonds. The van der Waals surface area contributed by atoms with Gasteiger partial charge in [-0.2, -0.15) is 0 Å². The summed E-state index contributed by atoms with van der Waals surface area (Å²) < 4.78 is 23.0. The molecule has 4 N–H and O–H groups in total. The Morgan fingerprint density at radius 3 is 2.59 bits per heavy atom. The van der Waals surface area contributed by atoms with Crippen LogP contribution in [-0.4, -0.2) is 99.4 Å². The standard InChI is InChI=1S/C29H28N2O13/c1-11-27-14(31(10-42-27)28(37)38)6-18(43-11)44-16-8-29(39,17(33)9-32)7-13-19(16)23(30-40)21-22(25(13)35)24(34)12-4-3-5-15(41-2)20(12)26(21)36/h3-5,11,14,16,18,27,32,35,39H,6-10H2,1-2H3,(H,37,38)/t11-,14?,16-,18-,27+,29-/m0/s1. The van der Waals surface area contributed by atoms with Crippen LogP contribution in [0.2, 0.25) is 0 Å². The van der Waals surface area contributed by atoms with Crippen molar-refractivity contribution in [3.63, 3.8) is 0 Å². The van der Waals surface area contributed by atoms with E-state index in [1.165, 1.54) is 25.3 Å². The molecule has 4 aliphatic rings. The van der Waals surface area contributed by atoms with Gasteiger partial charge in [0.05, 0.1) is 42.0 Å². The summed E-state index contributed by atoms with van der Waals surface area (Å²) in [4.78, 5) is 65.7. The summed E-state index contributed by atoms with van der Waals surface area (Å²) in [6.45, 7) is 0.385. The number of ketones is 3. The molecule has 44 heavy (non-hydrogen) atoms. The van der Waals surface area contributed by atoms with Gasteiger partial charge in [-0.1, -0.05) is 12.1 Å². The van der Waals surface area contributed by atoms with E-state index in [4.69, 9.17) is 18.9 Å². The summed E-state index contributed by atoms with van der Waals surface area (Å²) in [5.74, 6) is -3.37. The zero-order valence-corrected chi connectivity index (χ0v) is 23.5. The van der Waals surface area contributed by atoms with Crippen LogP contribution < -0.4 is 4.74 Å². The molecule has 2 heterocycles. The van der Waals surface area contributed by atoms with Gasteiger partial charge in [-0.05, 0) is 18.2 Å². The molecule has 0 saturated carbocycles. The van der Waals surface area contributed by atoms with E-state index < -0.39 is 102 Å². The molecule has 2 aromatic rings. The molecule has 2 aromatic carbocycles. The number of aliphatic hydroxyl groups excluding tert-OH is 1. The van der Waals surface area contributed by atoms with Crippen molar-refractivity contribution in [2.75, 3.05) is 20.4 Å². The van der Waals surface area contributed by atoms with Crippen LogP contribution >= 0.6 is 0 Å². The van der Waals surface area contributed by atoms with E-state index in [9.17, 15) is 44.5 Å². The van der Waals surface area contributed by atoms with Crippen LogP contribution in [0.5, 0.6) is 11.5 Å². The smallest absolute Gasteiger partial charge is 0.409 e. The fourth-order valence-corrected chi connectivity index (χ4v) is 6.79. The van der Waals surface area contributed by atoms with E-state index >= 15 is 0 Å². The van der Waals surface area contributed by atoms with Crippen molar-refractivity contribution in [2.24, 2.45) is 5.18 Å². The van der Waals surface area contributed by atoms with Gasteiger partial charge in [-0.3, -0.25) is 19.3 Å². The Hall–Kier alpha value is -4.28. The van der Waals surface area contributed by atoms with Gasteiger partial charge in [0.25, 0.3) is 0 Å². The number of rotatable bonds is 6. The number of aliphatic hydroxyl groups is 2. The van der Waals surface area contributed by atoms with Gasteiger partial charge < -0.3 is 39.4 Å². The molecule has 0 spiro atoms. The van der Waals surface area contributed by atoms with Gasteiger partial charge in [0.2, 0.25) is 5.78 Å². The van der Waals surface area contributed by atoms with E-state index in [-0.39, 0.29) is 41.2 Å². The summed E-state index contributed by atoms with van der Waals surface area (Å²) in [7, 11) is 1.30. The molecular formula is C29H28N2O13. The van der Waals surface area contributed by atoms with Crippen LogP contribution in [0.15, 0.2) is 23.4 Å². The van der Waals surface area contributed by atoms with Crippen LogP contribution in [0, 0.1) is 4.91 Å². The lowest BCUT2D eigenvalue weighted by Crippen LogP contribution is -2.52. The lowest BCUT2D eigenvalue weighted by molar-refractivity contribution is -0.245. The highest BCUT2D eigenvalue weighted by Gasteiger charge is 2.52. The molecule has 232 valence electrons. The van der Waals surface area contributed by atoms with E-state index in [2.05, 4.69) is 5.18 Å². The number of carboxylic acid groups (broad SMARTS) is 1. The molecule has 15 heteroatoms. The summed E-state index contributed by atoms with van der Waals surface area (Å²) in [5.41, 5.74) is -4.52. The second-order valence-corrected chi connectivity index (χ2v) is 11.2. The molecule has 15 nitrogen and oxygen atoms in total. The second-order valence-electron chi connectivity index (χ2n) is 11.2. The quantitative estimate of drug-likeness (QED) is 0.292. The summed E-state index contributed by atoms with van der Waals surface area (Å²) in [5, 5.41) is 45.3. The van der Waals surface area contributed by atoms with Crippen LogP contribution in [0.3, 0.4) is 0 Å². The van der Waals surface area contributed by atoms with Crippen LogP contribution in [-0.2, 0) is 25.4 Å². The number of ether oxygens (including phenoxy) is 4. The maximum absolute atomic E-state index is 13.9. The Balaban J connectivity index is 1.50. The topological polar surface area (TPSA) is 219 Å². The van der Waals surface area contributed by atoms with Gasteiger partial charge >= 0.3 is 6.09 Å². The minimum absolute atomic E-state index is 0.0394. The van der Waals surface area contributed by atoms with E-state index in [0.717, 1.165) is 4.90 Å². The minimum Gasteiger partial charge on any atom is -0.507 e. The summed E-state index contributed by atoms with van der Waals surface area (Å²) in [6.07, 6.45) is -6.32. The Labute approximate surface area is 248 Å². The minimum atomic E-state index is -2.33. The zero-order chi connectivity index (χ0) is 31.7. The number of methoxy groups -OCH3 is 1. The molecule has 1 unspecified atom stereocenters. The third kappa shape index (κ3) is 4.30. The van der Waals surface area contributed by atoms with Crippen LogP contribution in [0.25, 0.3) is 0 Å². The summed E-state index contributed by atoms with van der Waals surface area (Å²) in [6, 6.07) is 3.61. The number of benzene rings is 2. The number of aromatic hydroxyl groups is 1. The maximum Gasteiger partial charge on any atom is 0.409 e. The van der Waals surface area contributed by atoms with Gasteiger partial charge in [0.15, 0.2) is 17.9 Å². The number of carbonyl (C=O) groups is 4. The molecular weight excluding hydrogens is 584 g/mol. The summed E-state index contributed by atoms with van der Waals surface area (Å²) >= 11 is 0. The zero-order valence-electron chi connectivity index (χ0n) is 23.5. The normalized spacial score (nSPS) is 28.9. The first-order valence-corrected chi connectivity index (χ1v) is 13.8. The molecule has 2 aliphatic carbocycles. The number of hydrogen-bond donors (Lipinski definition) is 4. The molecule has 0 bridgehead atoms. The van der Waals surface area contributed by atoms with Crippen molar-refractivity contribution in [1.82, 2.24) is 4.90 Å². The van der Waals surface area contributed by atoms with Crippen molar-refractivity contribution in [2.45, 2.75) is 62.4 Å². The van der Waals surface area contributed by atoms with E-state index in [1.54, 1.807) is 6.92 Å².